The minimum absolute atomic E-state index is 0.323. The van der Waals surface area contributed by atoms with Gasteiger partial charge in [-0.25, -0.2) is 0 Å². The van der Waals surface area contributed by atoms with Crippen molar-refractivity contribution in [1.29, 1.82) is 5.26 Å². The summed E-state index contributed by atoms with van der Waals surface area (Å²) in [7, 11) is 1.71. The molecule has 1 aromatic carbocycles. The second-order valence-electron chi connectivity index (χ2n) is 5.13. The van der Waals surface area contributed by atoms with Crippen LogP contribution in [0.25, 0.3) is 0 Å². The molecule has 0 heterocycles. The van der Waals surface area contributed by atoms with E-state index in [0.29, 0.717) is 19.1 Å². The zero-order chi connectivity index (χ0) is 15.0. The molecular weight excluding hydrogens is 250 g/mol. The van der Waals surface area contributed by atoms with Gasteiger partial charge >= 0.3 is 0 Å². The van der Waals surface area contributed by atoms with Crippen LogP contribution >= 0.6 is 0 Å². The molecule has 4 nitrogen and oxygen atoms in total. The average molecular weight is 275 g/mol. The Balaban J connectivity index is 2.72. The summed E-state index contributed by atoms with van der Waals surface area (Å²) in [6.07, 6.45) is 0.607. The molecular formula is C16H25N3O. The van der Waals surface area contributed by atoms with Crippen molar-refractivity contribution in [3.8, 4) is 6.07 Å². The van der Waals surface area contributed by atoms with Crippen LogP contribution in [0.15, 0.2) is 30.3 Å². The number of hydrogen-bond donors (Lipinski definition) is 1. The number of benzene rings is 1. The maximum Gasteiger partial charge on any atom is 0.131 e. The SMILES string of the molecule is CCN(CCC(N)(C#N)c1ccccc1)C(C)COC. The van der Waals surface area contributed by atoms with Gasteiger partial charge in [0.25, 0.3) is 0 Å². The molecule has 0 fully saturated rings. The molecule has 1 aromatic rings. The van der Waals surface area contributed by atoms with Crippen molar-refractivity contribution in [2.24, 2.45) is 5.73 Å². The average Bonchev–Trinajstić information content (AvgIpc) is 2.48. The molecule has 0 saturated carbocycles. The fraction of sp³-hybridized carbons (Fsp3) is 0.562. The molecule has 0 amide bonds. The number of nitriles is 1. The zero-order valence-corrected chi connectivity index (χ0v) is 12.7. The van der Waals surface area contributed by atoms with Crippen molar-refractivity contribution in [3.63, 3.8) is 0 Å². The van der Waals surface area contributed by atoms with E-state index in [2.05, 4.69) is 24.8 Å². The van der Waals surface area contributed by atoms with Crippen LogP contribution in [0.3, 0.4) is 0 Å². The van der Waals surface area contributed by atoms with Crippen LogP contribution in [0.5, 0.6) is 0 Å². The van der Waals surface area contributed by atoms with E-state index in [1.807, 2.05) is 30.3 Å². The highest BCUT2D eigenvalue weighted by Crippen LogP contribution is 2.22. The Hall–Kier alpha value is -1.41. The largest absolute Gasteiger partial charge is 0.383 e. The lowest BCUT2D eigenvalue weighted by molar-refractivity contribution is 0.0987. The van der Waals surface area contributed by atoms with Gasteiger partial charge in [0, 0.05) is 19.7 Å². The van der Waals surface area contributed by atoms with E-state index in [-0.39, 0.29) is 0 Å². The van der Waals surface area contributed by atoms with Gasteiger partial charge in [-0.05, 0) is 25.5 Å². The van der Waals surface area contributed by atoms with E-state index in [0.717, 1.165) is 18.7 Å². The van der Waals surface area contributed by atoms with Crippen molar-refractivity contribution in [1.82, 2.24) is 4.90 Å². The van der Waals surface area contributed by atoms with Crippen molar-refractivity contribution in [2.45, 2.75) is 31.8 Å². The first kappa shape index (κ1) is 16.6. The lowest BCUT2D eigenvalue weighted by Gasteiger charge is -2.30. The first-order valence-corrected chi connectivity index (χ1v) is 7.06. The van der Waals surface area contributed by atoms with Crippen molar-refractivity contribution < 1.29 is 4.74 Å². The predicted octanol–water partition coefficient (Wildman–Crippen LogP) is 2.11. The first-order valence-electron chi connectivity index (χ1n) is 7.06. The molecule has 0 saturated heterocycles. The molecule has 0 aromatic heterocycles. The highest BCUT2D eigenvalue weighted by Gasteiger charge is 2.28. The third-order valence-corrected chi connectivity index (χ3v) is 3.72. The lowest BCUT2D eigenvalue weighted by atomic mass is 9.89. The van der Waals surface area contributed by atoms with Gasteiger partial charge < -0.3 is 10.5 Å². The van der Waals surface area contributed by atoms with Crippen LogP contribution in [0, 0.1) is 11.3 Å². The Labute approximate surface area is 122 Å². The molecule has 1 rings (SSSR count). The van der Waals surface area contributed by atoms with E-state index in [1.54, 1.807) is 7.11 Å². The Morgan fingerprint density at radius 3 is 2.55 bits per heavy atom. The summed E-state index contributed by atoms with van der Waals surface area (Å²) in [4.78, 5) is 2.28. The number of hydrogen-bond acceptors (Lipinski definition) is 4. The zero-order valence-electron chi connectivity index (χ0n) is 12.7. The van der Waals surface area contributed by atoms with Gasteiger partial charge in [-0.3, -0.25) is 4.90 Å². The number of methoxy groups -OCH3 is 1. The van der Waals surface area contributed by atoms with Gasteiger partial charge in [0.05, 0.1) is 12.7 Å². The van der Waals surface area contributed by atoms with Crippen LogP contribution in [0.1, 0.15) is 25.8 Å². The highest BCUT2D eigenvalue weighted by molar-refractivity contribution is 5.30. The minimum Gasteiger partial charge on any atom is -0.383 e. The van der Waals surface area contributed by atoms with E-state index in [4.69, 9.17) is 10.5 Å². The summed E-state index contributed by atoms with van der Waals surface area (Å²) in [5.41, 5.74) is 6.22. The smallest absolute Gasteiger partial charge is 0.131 e. The normalized spacial score (nSPS) is 15.6. The van der Waals surface area contributed by atoms with E-state index >= 15 is 0 Å². The third-order valence-electron chi connectivity index (χ3n) is 3.72. The van der Waals surface area contributed by atoms with Crippen LogP contribution < -0.4 is 5.73 Å². The molecule has 2 unspecified atom stereocenters. The van der Waals surface area contributed by atoms with Crippen LogP contribution in [-0.4, -0.2) is 37.7 Å². The van der Waals surface area contributed by atoms with Gasteiger partial charge in [0.15, 0.2) is 0 Å². The monoisotopic (exact) mass is 275 g/mol. The van der Waals surface area contributed by atoms with Crippen molar-refractivity contribution in [2.75, 3.05) is 26.8 Å². The molecule has 4 heteroatoms. The van der Waals surface area contributed by atoms with Gasteiger partial charge in [-0.2, -0.15) is 5.26 Å². The topological polar surface area (TPSA) is 62.3 Å². The number of nitrogens with two attached hydrogens (primary N) is 1. The molecule has 2 N–H and O–H groups in total. The molecule has 0 aliphatic rings. The molecule has 0 spiro atoms. The summed E-state index contributed by atoms with van der Waals surface area (Å²) in [5, 5.41) is 9.45. The quantitative estimate of drug-likeness (QED) is 0.789. The number of ether oxygens (including phenoxy) is 1. The Bertz CT molecular complexity index is 429. The van der Waals surface area contributed by atoms with Crippen LogP contribution in [-0.2, 0) is 10.3 Å². The molecule has 0 bridgehead atoms. The summed E-state index contributed by atoms with van der Waals surface area (Å²) < 4.78 is 5.19. The lowest BCUT2D eigenvalue weighted by Crippen LogP contribution is -2.43. The van der Waals surface area contributed by atoms with E-state index in [1.165, 1.54) is 0 Å². The molecule has 0 aliphatic heterocycles. The minimum atomic E-state index is -0.929. The molecule has 20 heavy (non-hydrogen) atoms. The van der Waals surface area contributed by atoms with Crippen molar-refractivity contribution >= 4 is 0 Å². The highest BCUT2D eigenvalue weighted by atomic mass is 16.5. The summed E-state index contributed by atoms with van der Waals surface area (Å²) in [6.45, 7) is 6.61. The second kappa shape index (κ2) is 8.01. The second-order valence-corrected chi connectivity index (χ2v) is 5.13. The van der Waals surface area contributed by atoms with Gasteiger partial charge in [0.2, 0.25) is 0 Å². The maximum absolute atomic E-state index is 9.45. The summed E-state index contributed by atoms with van der Waals surface area (Å²) >= 11 is 0. The van der Waals surface area contributed by atoms with Crippen LogP contribution in [0.2, 0.25) is 0 Å². The number of likely N-dealkylation sites (N-methyl/N-ethyl adjacent to an activating group) is 1. The standard InChI is InChI=1S/C16H25N3O/c1-4-19(14(2)12-20-3)11-10-16(18,13-17)15-8-6-5-7-9-15/h5-9,14H,4,10-12,18H2,1-3H3. The predicted molar refractivity (Wildman–Crippen MR) is 81.1 cm³/mol. The maximum atomic E-state index is 9.45. The van der Waals surface area contributed by atoms with Crippen LogP contribution in [0.4, 0.5) is 0 Å². The van der Waals surface area contributed by atoms with E-state index in [9.17, 15) is 5.26 Å². The fourth-order valence-corrected chi connectivity index (χ4v) is 2.36. The molecule has 2 atom stereocenters. The van der Waals surface area contributed by atoms with Gasteiger partial charge in [-0.1, -0.05) is 37.3 Å². The van der Waals surface area contributed by atoms with Crippen molar-refractivity contribution in [3.05, 3.63) is 35.9 Å². The molecule has 110 valence electrons. The molecule has 0 aliphatic carbocycles. The Kier molecular flexibility index (Phi) is 6.66. The molecule has 0 radical (unpaired) electrons. The first-order chi connectivity index (χ1) is 9.57. The fourth-order valence-electron chi connectivity index (χ4n) is 2.36. The Morgan fingerprint density at radius 2 is 2.05 bits per heavy atom. The van der Waals surface area contributed by atoms with Gasteiger partial charge in [-0.15, -0.1) is 0 Å². The third kappa shape index (κ3) is 4.31. The number of rotatable bonds is 8. The summed E-state index contributed by atoms with van der Waals surface area (Å²) in [6, 6.07) is 12.2. The van der Waals surface area contributed by atoms with Gasteiger partial charge in [0.1, 0.15) is 5.54 Å². The van der Waals surface area contributed by atoms with E-state index < -0.39 is 5.54 Å². The Morgan fingerprint density at radius 1 is 1.40 bits per heavy atom. The summed E-state index contributed by atoms with van der Waals surface area (Å²) in [5.74, 6) is 0. The number of nitrogens with zero attached hydrogens (tertiary/aromatic N) is 2.